The summed E-state index contributed by atoms with van der Waals surface area (Å²) in [6, 6.07) is 23.5. The summed E-state index contributed by atoms with van der Waals surface area (Å²) in [7, 11) is 0. The minimum atomic E-state index is -0.407. The van der Waals surface area contributed by atoms with Gasteiger partial charge in [-0.05, 0) is 46.0 Å². The molecule has 0 bridgehead atoms. The molecule has 0 aliphatic heterocycles. The molecule has 1 N–H and O–H groups in total. The number of anilines is 1. The largest absolute Gasteiger partial charge is 0.321 e. The van der Waals surface area contributed by atoms with Crippen LogP contribution in [0.15, 0.2) is 72.3 Å². The second kappa shape index (κ2) is 7.67. The van der Waals surface area contributed by atoms with Crippen LogP contribution in [0.1, 0.15) is 30.9 Å². The first-order chi connectivity index (χ1) is 12.6. The Bertz CT molecular complexity index is 1010. The van der Waals surface area contributed by atoms with Gasteiger partial charge in [0.2, 0.25) is 0 Å². The van der Waals surface area contributed by atoms with Gasteiger partial charge in [-0.25, -0.2) is 0 Å². The Balaban J connectivity index is 1.80. The SMILES string of the molecule is CC(C)c1ccc(/C=C(\C#N)C(=O)Nc2ccc3ccccc3c2)cc1. The van der Waals surface area contributed by atoms with E-state index in [1.165, 1.54) is 5.56 Å². The van der Waals surface area contributed by atoms with E-state index >= 15 is 0 Å². The van der Waals surface area contributed by atoms with Crippen LogP contribution in [0.3, 0.4) is 0 Å². The molecule has 0 saturated carbocycles. The van der Waals surface area contributed by atoms with E-state index in [1.54, 1.807) is 6.08 Å². The number of nitrogens with one attached hydrogen (secondary N) is 1. The van der Waals surface area contributed by atoms with Crippen molar-refractivity contribution in [3.8, 4) is 6.07 Å². The third-order valence-electron chi connectivity index (χ3n) is 4.29. The van der Waals surface area contributed by atoms with Crippen molar-refractivity contribution in [2.24, 2.45) is 0 Å². The fourth-order valence-corrected chi connectivity index (χ4v) is 2.76. The molecule has 1 amide bonds. The maximum absolute atomic E-state index is 12.5. The number of benzene rings is 3. The first-order valence-electron chi connectivity index (χ1n) is 8.59. The summed E-state index contributed by atoms with van der Waals surface area (Å²) in [6.45, 7) is 4.26. The number of nitrogens with zero attached hydrogens (tertiary/aromatic N) is 1. The molecule has 0 spiro atoms. The van der Waals surface area contributed by atoms with Gasteiger partial charge in [-0.3, -0.25) is 4.79 Å². The third-order valence-corrected chi connectivity index (χ3v) is 4.29. The van der Waals surface area contributed by atoms with Gasteiger partial charge in [0.1, 0.15) is 11.6 Å². The molecule has 3 rings (SSSR count). The van der Waals surface area contributed by atoms with Crippen LogP contribution >= 0.6 is 0 Å². The smallest absolute Gasteiger partial charge is 0.266 e. The quantitative estimate of drug-likeness (QED) is 0.503. The second-order valence-corrected chi connectivity index (χ2v) is 6.51. The summed E-state index contributed by atoms with van der Waals surface area (Å²) < 4.78 is 0. The Hall–Kier alpha value is -3.38. The van der Waals surface area contributed by atoms with Crippen LogP contribution < -0.4 is 5.32 Å². The van der Waals surface area contributed by atoms with E-state index in [1.807, 2.05) is 72.8 Å². The zero-order valence-corrected chi connectivity index (χ0v) is 14.9. The Morgan fingerprint density at radius 3 is 2.35 bits per heavy atom. The van der Waals surface area contributed by atoms with Gasteiger partial charge in [0, 0.05) is 5.69 Å². The predicted octanol–water partition coefficient (Wildman–Crippen LogP) is 5.51. The van der Waals surface area contributed by atoms with Crippen LogP contribution in [0, 0.1) is 11.3 Å². The van der Waals surface area contributed by atoms with Gasteiger partial charge in [0.25, 0.3) is 5.91 Å². The molecule has 128 valence electrons. The average Bonchev–Trinajstić information content (AvgIpc) is 2.66. The molecule has 3 nitrogen and oxygen atoms in total. The van der Waals surface area contributed by atoms with Crippen LogP contribution in [-0.2, 0) is 4.79 Å². The number of fused-ring (bicyclic) bond motifs is 1. The second-order valence-electron chi connectivity index (χ2n) is 6.51. The fraction of sp³-hybridized carbons (Fsp3) is 0.130. The molecule has 0 fully saturated rings. The maximum Gasteiger partial charge on any atom is 0.266 e. The van der Waals surface area contributed by atoms with E-state index < -0.39 is 5.91 Å². The molecule has 0 heterocycles. The van der Waals surface area contributed by atoms with E-state index in [2.05, 4.69) is 19.2 Å². The third kappa shape index (κ3) is 3.99. The highest BCUT2D eigenvalue weighted by atomic mass is 16.1. The van der Waals surface area contributed by atoms with Crippen molar-refractivity contribution >= 4 is 28.4 Å². The van der Waals surface area contributed by atoms with E-state index in [0.29, 0.717) is 11.6 Å². The molecule has 3 aromatic carbocycles. The minimum absolute atomic E-state index is 0.0791. The molecule has 26 heavy (non-hydrogen) atoms. The van der Waals surface area contributed by atoms with Gasteiger partial charge in [0.15, 0.2) is 0 Å². The van der Waals surface area contributed by atoms with Gasteiger partial charge < -0.3 is 5.32 Å². The highest BCUT2D eigenvalue weighted by Gasteiger charge is 2.10. The fourth-order valence-electron chi connectivity index (χ4n) is 2.76. The lowest BCUT2D eigenvalue weighted by Gasteiger charge is -2.07. The van der Waals surface area contributed by atoms with Crippen molar-refractivity contribution in [1.82, 2.24) is 0 Å². The van der Waals surface area contributed by atoms with Crippen molar-refractivity contribution in [3.05, 3.63) is 83.4 Å². The van der Waals surface area contributed by atoms with Gasteiger partial charge in [-0.15, -0.1) is 0 Å². The minimum Gasteiger partial charge on any atom is -0.321 e. The topological polar surface area (TPSA) is 52.9 Å². The summed E-state index contributed by atoms with van der Waals surface area (Å²) in [5.41, 5.74) is 2.81. The Morgan fingerprint density at radius 2 is 1.69 bits per heavy atom. The van der Waals surface area contributed by atoms with Crippen LogP contribution in [0.5, 0.6) is 0 Å². The number of hydrogen-bond acceptors (Lipinski definition) is 2. The molecular formula is C23H20N2O. The van der Waals surface area contributed by atoms with Crippen LogP contribution in [-0.4, -0.2) is 5.91 Å². The lowest BCUT2D eigenvalue weighted by molar-refractivity contribution is -0.112. The zero-order valence-electron chi connectivity index (χ0n) is 14.9. The molecule has 0 radical (unpaired) electrons. The number of nitriles is 1. The highest BCUT2D eigenvalue weighted by Crippen LogP contribution is 2.20. The highest BCUT2D eigenvalue weighted by molar-refractivity contribution is 6.10. The number of carbonyl (C=O) groups excluding carboxylic acids is 1. The van der Waals surface area contributed by atoms with Crippen molar-refractivity contribution in [1.29, 1.82) is 5.26 Å². The first-order valence-corrected chi connectivity index (χ1v) is 8.59. The van der Waals surface area contributed by atoms with Crippen molar-refractivity contribution in [3.63, 3.8) is 0 Å². The van der Waals surface area contributed by atoms with Gasteiger partial charge in [-0.2, -0.15) is 5.26 Å². The first kappa shape index (κ1) is 17.4. The molecule has 0 saturated heterocycles. The van der Waals surface area contributed by atoms with E-state index in [0.717, 1.165) is 16.3 Å². The van der Waals surface area contributed by atoms with Crippen LogP contribution in [0.25, 0.3) is 16.8 Å². The summed E-state index contributed by atoms with van der Waals surface area (Å²) in [6.07, 6.45) is 1.61. The molecule has 0 aliphatic carbocycles. The average molecular weight is 340 g/mol. The van der Waals surface area contributed by atoms with Gasteiger partial charge >= 0.3 is 0 Å². The van der Waals surface area contributed by atoms with Crippen LogP contribution in [0.4, 0.5) is 5.69 Å². The molecule has 3 heteroatoms. The Morgan fingerprint density at radius 1 is 1.00 bits per heavy atom. The lowest BCUT2D eigenvalue weighted by Crippen LogP contribution is -2.13. The zero-order chi connectivity index (χ0) is 18.5. The summed E-state index contributed by atoms with van der Waals surface area (Å²) >= 11 is 0. The number of carbonyl (C=O) groups is 1. The van der Waals surface area contributed by atoms with E-state index in [4.69, 9.17) is 0 Å². The molecule has 0 aromatic heterocycles. The van der Waals surface area contributed by atoms with E-state index in [-0.39, 0.29) is 5.57 Å². The van der Waals surface area contributed by atoms with E-state index in [9.17, 15) is 10.1 Å². The van der Waals surface area contributed by atoms with Crippen LogP contribution in [0.2, 0.25) is 0 Å². The standard InChI is InChI=1S/C23H20N2O/c1-16(2)18-9-7-17(8-10-18)13-21(15-24)23(26)25-22-12-11-19-5-3-4-6-20(19)14-22/h3-14,16H,1-2H3,(H,25,26)/b21-13+. The molecule has 0 unspecified atom stereocenters. The number of rotatable bonds is 4. The normalized spacial score (nSPS) is 11.4. The Kier molecular flexibility index (Phi) is 5.15. The predicted molar refractivity (Wildman–Crippen MR) is 107 cm³/mol. The molecule has 0 aliphatic rings. The Labute approximate surface area is 153 Å². The molecule has 3 aromatic rings. The van der Waals surface area contributed by atoms with Crippen molar-refractivity contribution < 1.29 is 4.79 Å². The number of hydrogen-bond donors (Lipinski definition) is 1. The summed E-state index contributed by atoms with van der Waals surface area (Å²) in [4.78, 5) is 12.5. The lowest BCUT2D eigenvalue weighted by atomic mass is 10.0. The number of amides is 1. The van der Waals surface area contributed by atoms with Crippen molar-refractivity contribution in [2.45, 2.75) is 19.8 Å². The summed E-state index contributed by atoms with van der Waals surface area (Å²) in [5.74, 6) is 0.0374. The maximum atomic E-state index is 12.5. The van der Waals surface area contributed by atoms with Gasteiger partial charge in [-0.1, -0.05) is 68.4 Å². The molecular weight excluding hydrogens is 320 g/mol. The van der Waals surface area contributed by atoms with Crippen molar-refractivity contribution in [2.75, 3.05) is 5.32 Å². The van der Waals surface area contributed by atoms with Gasteiger partial charge in [0.05, 0.1) is 0 Å². The molecule has 0 atom stereocenters. The summed E-state index contributed by atoms with van der Waals surface area (Å²) in [5, 5.41) is 14.3. The monoisotopic (exact) mass is 340 g/mol.